The van der Waals surface area contributed by atoms with Gasteiger partial charge in [0.25, 0.3) is 5.91 Å². The Labute approximate surface area is 134 Å². The van der Waals surface area contributed by atoms with Gasteiger partial charge in [-0.2, -0.15) is 0 Å². The summed E-state index contributed by atoms with van der Waals surface area (Å²) >= 11 is 0. The Morgan fingerprint density at radius 2 is 1.74 bits per heavy atom. The first-order valence-corrected chi connectivity index (χ1v) is 7.79. The van der Waals surface area contributed by atoms with E-state index in [0.717, 1.165) is 12.8 Å². The van der Waals surface area contributed by atoms with Crippen molar-refractivity contribution < 1.29 is 14.0 Å². The molecule has 3 rings (SSSR count). The van der Waals surface area contributed by atoms with Crippen molar-refractivity contribution in [2.45, 2.75) is 12.8 Å². The molecule has 2 aromatic carbocycles. The number of piperidine rings is 1. The van der Waals surface area contributed by atoms with Crippen molar-refractivity contribution in [2.24, 2.45) is 5.92 Å². The van der Waals surface area contributed by atoms with E-state index in [1.54, 1.807) is 23.1 Å². The molecule has 1 fully saturated rings. The molecule has 0 saturated carbocycles. The van der Waals surface area contributed by atoms with Gasteiger partial charge in [0.2, 0.25) is 0 Å². The fourth-order valence-electron chi connectivity index (χ4n) is 3.02. The zero-order valence-corrected chi connectivity index (χ0v) is 12.7. The van der Waals surface area contributed by atoms with Gasteiger partial charge in [-0.25, -0.2) is 4.39 Å². The van der Waals surface area contributed by atoms with Gasteiger partial charge in [-0.05, 0) is 31.0 Å². The minimum Gasteiger partial charge on any atom is -0.338 e. The van der Waals surface area contributed by atoms with Crippen molar-refractivity contribution in [1.29, 1.82) is 0 Å². The van der Waals surface area contributed by atoms with Crippen LogP contribution in [0, 0.1) is 11.7 Å². The highest BCUT2D eigenvalue weighted by molar-refractivity contribution is 5.99. The molecule has 1 unspecified atom stereocenters. The average Bonchev–Trinajstić information content (AvgIpc) is 2.61. The first kappa shape index (κ1) is 15.4. The van der Waals surface area contributed by atoms with E-state index in [4.69, 9.17) is 0 Å². The number of halogens is 1. The maximum atomic E-state index is 13.3. The number of hydrogen-bond acceptors (Lipinski definition) is 2. The molecule has 1 aliphatic heterocycles. The monoisotopic (exact) mass is 311 g/mol. The van der Waals surface area contributed by atoms with E-state index in [-0.39, 0.29) is 17.6 Å². The summed E-state index contributed by atoms with van der Waals surface area (Å²) in [4.78, 5) is 26.7. The summed E-state index contributed by atoms with van der Waals surface area (Å²) in [5.74, 6) is -0.758. The van der Waals surface area contributed by atoms with Gasteiger partial charge in [0.05, 0.1) is 0 Å². The number of hydrogen-bond donors (Lipinski definition) is 0. The van der Waals surface area contributed by atoms with E-state index < -0.39 is 5.82 Å². The van der Waals surface area contributed by atoms with Crippen LogP contribution in [-0.2, 0) is 0 Å². The molecule has 2 aromatic rings. The summed E-state index contributed by atoms with van der Waals surface area (Å²) in [6, 6.07) is 14.8. The van der Waals surface area contributed by atoms with Crippen molar-refractivity contribution in [2.75, 3.05) is 13.1 Å². The lowest BCUT2D eigenvalue weighted by molar-refractivity contribution is 0.0636. The minimum atomic E-state index is -0.426. The Hall–Kier alpha value is -2.49. The molecule has 0 aromatic heterocycles. The summed E-state index contributed by atoms with van der Waals surface area (Å²) < 4.78 is 13.3. The van der Waals surface area contributed by atoms with Gasteiger partial charge in [-0.1, -0.05) is 36.4 Å². The SMILES string of the molecule is O=C(c1ccccc1)C1CCCN(C(=O)c2cccc(F)c2)C1. The normalized spacial score (nSPS) is 17.8. The Balaban J connectivity index is 1.73. The van der Waals surface area contributed by atoms with Gasteiger partial charge in [0, 0.05) is 30.1 Å². The van der Waals surface area contributed by atoms with E-state index in [1.165, 1.54) is 18.2 Å². The van der Waals surface area contributed by atoms with E-state index in [9.17, 15) is 14.0 Å². The lowest BCUT2D eigenvalue weighted by Gasteiger charge is -2.32. The number of likely N-dealkylation sites (tertiary alicyclic amines) is 1. The van der Waals surface area contributed by atoms with Crippen LogP contribution in [0.3, 0.4) is 0 Å². The van der Waals surface area contributed by atoms with Crippen LogP contribution in [0.2, 0.25) is 0 Å². The van der Waals surface area contributed by atoms with Crippen LogP contribution in [0.5, 0.6) is 0 Å². The topological polar surface area (TPSA) is 37.4 Å². The fraction of sp³-hybridized carbons (Fsp3) is 0.263. The molecule has 0 spiro atoms. The smallest absolute Gasteiger partial charge is 0.253 e. The molecule has 0 bridgehead atoms. The van der Waals surface area contributed by atoms with Gasteiger partial charge in [0.15, 0.2) is 5.78 Å². The predicted octanol–water partition coefficient (Wildman–Crippen LogP) is 3.56. The fourth-order valence-corrected chi connectivity index (χ4v) is 3.02. The molecule has 118 valence electrons. The number of benzene rings is 2. The lowest BCUT2D eigenvalue weighted by Crippen LogP contribution is -2.42. The zero-order chi connectivity index (χ0) is 16.2. The molecular formula is C19H18FNO2. The number of carbonyl (C=O) groups excluding carboxylic acids is 2. The molecule has 1 saturated heterocycles. The van der Waals surface area contributed by atoms with Gasteiger partial charge < -0.3 is 4.90 Å². The molecule has 4 heteroatoms. The Kier molecular flexibility index (Phi) is 4.51. The second-order valence-corrected chi connectivity index (χ2v) is 5.83. The van der Waals surface area contributed by atoms with Crippen LogP contribution in [0.25, 0.3) is 0 Å². The molecule has 0 aliphatic carbocycles. The number of Topliss-reactive ketones (excluding diaryl/α,β-unsaturated/α-hetero) is 1. The predicted molar refractivity (Wildman–Crippen MR) is 85.8 cm³/mol. The van der Waals surface area contributed by atoms with E-state index in [2.05, 4.69) is 0 Å². The van der Waals surface area contributed by atoms with E-state index in [1.807, 2.05) is 18.2 Å². The summed E-state index contributed by atoms with van der Waals surface area (Å²) in [6.07, 6.45) is 1.56. The maximum Gasteiger partial charge on any atom is 0.253 e. The van der Waals surface area contributed by atoms with Gasteiger partial charge in [0.1, 0.15) is 5.82 Å². The maximum absolute atomic E-state index is 13.3. The third-order valence-corrected chi connectivity index (χ3v) is 4.21. The average molecular weight is 311 g/mol. The van der Waals surface area contributed by atoms with Gasteiger partial charge in [-0.3, -0.25) is 9.59 Å². The van der Waals surface area contributed by atoms with Crippen LogP contribution in [0.4, 0.5) is 4.39 Å². The third-order valence-electron chi connectivity index (χ3n) is 4.21. The standard InChI is InChI=1S/C19H18FNO2/c20-17-10-4-8-15(12-17)19(23)21-11-5-9-16(13-21)18(22)14-6-2-1-3-7-14/h1-4,6-8,10,12,16H,5,9,11,13H2. The van der Waals surface area contributed by atoms with Crippen LogP contribution in [0.1, 0.15) is 33.6 Å². The van der Waals surface area contributed by atoms with Crippen LogP contribution in [-0.4, -0.2) is 29.7 Å². The van der Waals surface area contributed by atoms with Gasteiger partial charge in [-0.15, -0.1) is 0 Å². The van der Waals surface area contributed by atoms with Crippen molar-refractivity contribution in [3.63, 3.8) is 0 Å². The summed E-state index contributed by atoms with van der Waals surface area (Å²) in [7, 11) is 0. The quantitative estimate of drug-likeness (QED) is 0.813. The molecule has 1 atom stereocenters. The number of nitrogens with zero attached hydrogens (tertiary/aromatic N) is 1. The van der Waals surface area contributed by atoms with Crippen LogP contribution < -0.4 is 0 Å². The summed E-state index contributed by atoms with van der Waals surface area (Å²) in [5.41, 5.74) is 1.01. The number of ketones is 1. The highest BCUT2D eigenvalue weighted by atomic mass is 19.1. The van der Waals surface area contributed by atoms with Crippen molar-refractivity contribution in [3.05, 3.63) is 71.5 Å². The molecule has 0 N–H and O–H groups in total. The molecule has 3 nitrogen and oxygen atoms in total. The molecule has 23 heavy (non-hydrogen) atoms. The van der Waals surface area contributed by atoms with Crippen LogP contribution in [0.15, 0.2) is 54.6 Å². The largest absolute Gasteiger partial charge is 0.338 e. The molecule has 1 aliphatic rings. The Morgan fingerprint density at radius 3 is 2.48 bits per heavy atom. The third kappa shape index (κ3) is 3.47. The molecule has 1 amide bonds. The summed E-state index contributed by atoms with van der Waals surface area (Å²) in [5, 5.41) is 0. The van der Waals surface area contributed by atoms with E-state index >= 15 is 0 Å². The second-order valence-electron chi connectivity index (χ2n) is 5.83. The van der Waals surface area contributed by atoms with Crippen molar-refractivity contribution in [1.82, 2.24) is 4.90 Å². The van der Waals surface area contributed by atoms with Gasteiger partial charge >= 0.3 is 0 Å². The molecule has 0 radical (unpaired) electrons. The molecule has 1 heterocycles. The number of amides is 1. The minimum absolute atomic E-state index is 0.0716. The summed E-state index contributed by atoms with van der Waals surface area (Å²) in [6.45, 7) is 0.997. The van der Waals surface area contributed by atoms with Crippen molar-refractivity contribution in [3.8, 4) is 0 Å². The highest BCUT2D eigenvalue weighted by Gasteiger charge is 2.29. The lowest BCUT2D eigenvalue weighted by atomic mass is 9.89. The Bertz CT molecular complexity index is 714. The Morgan fingerprint density at radius 1 is 1.00 bits per heavy atom. The van der Waals surface area contributed by atoms with E-state index in [0.29, 0.717) is 24.2 Å². The zero-order valence-electron chi connectivity index (χ0n) is 12.7. The van der Waals surface area contributed by atoms with Crippen molar-refractivity contribution >= 4 is 11.7 Å². The van der Waals surface area contributed by atoms with Crippen LogP contribution >= 0.6 is 0 Å². The number of carbonyl (C=O) groups is 2. The second kappa shape index (κ2) is 6.73. The highest BCUT2D eigenvalue weighted by Crippen LogP contribution is 2.22. The number of rotatable bonds is 3. The molecular weight excluding hydrogens is 293 g/mol. The first-order chi connectivity index (χ1) is 11.1. The first-order valence-electron chi connectivity index (χ1n) is 7.79.